The molecule has 1 rings (SSSR count). The lowest BCUT2D eigenvalue weighted by atomic mass is 10.1. The van der Waals surface area contributed by atoms with Gasteiger partial charge in [-0.3, -0.25) is 4.79 Å². The predicted molar refractivity (Wildman–Crippen MR) is 104 cm³/mol. The van der Waals surface area contributed by atoms with E-state index in [1.54, 1.807) is 16.4 Å². The monoisotopic (exact) mass is 369 g/mol. The van der Waals surface area contributed by atoms with Gasteiger partial charge in [-0.1, -0.05) is 64.1 Å². The lowest BCUT2D eigenvalue weighted by Gasteiger charge is -2.23. The Balaban J connectivity index is 2.29. The molecule has 1 amide bonds. The van der Waals surface area contributed by atoms with Gasteiger partial charge in [0.1, 0.15) is 0 Å². The third-order valence-corrected chi connectivity index (χ3v) is 5.36. The summed E-state index contributed by atoms with van der Waals surface area (Å²) in [5, 5.41) is 12.2. The molecular formula is C18H35N5OS. The van der Waals surface area contributed by atoms with Gasteiger partial charge < -0.3 is 4.90 Å². The van der Waals surface area contributed by atoms with Crippen LogP contribution in [0.2, 0.25) is 0 Å². The molecule has 144 valence electrons. The summed E-state index contributed by atoms with van der Waals surface area (Å²) in [6, 6.07) is 0. The number of thioether (sulfide) groups is 1. The van der Waals surface area contributed by atoms with Gasteiger partial charge in [-0.15, -0.1) is 5.10 Å². The van der Waals surface area contributed by atoms with Gasteiger partial charge in [-0.05, 0) is 29.7 Å². The van der Waals surface area contributed by atoms with Gasteiger partial charge in [0.15, 0.2) is 0 Å². The van der Waals surface area contributed by atoms with E-state index in [4.69, 9.17) is 0 Å². The number of carbonyl (C=O) groups is 1. The number of hydrogen-bond acceptors (Lipinski definition) is 5. The minimum absolute atomic E-state index is 0.310. The summed E-state index contributed by atoms with van der Waals surface area (Å²) in [7, 11) is 1.84. The van der Waals surface area contributed by atoms with Crippen LogP contribution in [0.4, 0.5) is 0 Å². The molecule has 1 aromatic heterocycles. The Morgan fingerprint density at radius 2 is 1.64 bits per heavy atom. The van der Waals surface area contributed by atoms with Crippen molar-refractivity contribution in [2.45, 2.75) is 83.2 Å². The van der Waals surface area contributed by atoms with Crippen molar-refractivity contribution in [3.05, 3.63) is 0 Å². The first-order valence-corrected chi connectivity index (χ1v) is 10.8. The van der Waals surface area contributed by atoms with Crippen molar-refractivity contribution in [1.29, 1.82) is 0 Å². The number of unbranched alkanes of at least 4 members (excludes halogenated alkanes) is 6. The van der Waals surface area contributed by atoms with Gasteiger partial charge in [0.25, 0.3) is 0 Å². The molecule has 0 spiro atoms. The van der Waals surface area contributed by atoms with Gasteiger partial charge in [-0.2, -0.15) is 0 Å². The largest absolute Gasteiger partial charge is 0.343 e. The van der Waals surface area contributed by atoms with Crippen molar-refractivity contribution in [2.24, 2.45) is 7.05 Å². The molecule has 0 aliphatic rings. The number of rotatable bonds is 15. The van der Waals surface area contributed by atoms with Crippen LogP contribution in [0, 0.1) is 0 Å². The molecule has 0 saturated heterocycles. The molecule has 0 aliphatic carbocycles. The Morgan fingerprint density at radius 1 is 1.00 bits per heavy atom. The SMILES string of the molecule is CCCCCCN(CCCCCC)C(=O)CCCSc1nnnn1C. The summed E-state index contributed by atoms with van der Waals surface area (Å²) >= 11 is 1.61. The molecular weight excluding hydrogens is 334 g/mol. The zero-order valence-corrected chi connectivity index (χ0v) is 17.1. The zero-order chi connectivity index (χ0) is 18.3. The molecule has 0 N–H and O–H groups in total. The Hall–Kier alpha value is -1.11. The topological polar surface area (TPSA) is 63.9 Å². The van der Waals surface area contributed by atoms with Crippen LogP contribution in [-0.4, -0.2) is 49.9 Å². The Morgan fingerprint density at radius 3 is 2.16 bits per heavy atom. The first-order chi connectivity index (χ1) is 12.2. The first-order valence-electron chi connectivity index (χ1n) is 9.82. The molecule has 0 aliphatic heterocycles. The number of aryl methyl sites for hydroxylation is 1. The van der Waals surface area contributed by atoms with Crippen molar-refractivity contribution in [3.63, 3.8) is 0 Å². The maximum absolute atomic E-state index is 12.6. The second kappa shape index (κ2) is 14.1. The molecule has 0 atom stereocenters. The van der Waals surface area contributed by atoms with Crippen molar-refractivity contribution in [3.8, 4) is 0 Å². The van der Waals surface area contributed by atoms with Crippen LogP contribution < -0.4 is 0 Å². The average molecular weight is 370 g/mol. The molecule has 0 bridgehead atoms. The lowest BCUT2D eigenvalue weighted by Crippen LogP contribution is -2.33. The van der Waals surface area contributed by atoms with Crippen molar-refractivity contribution in [1.82, 2.24) is 25.1 Å². The summed E-state index contributed by atoms with van der Waals surface area (Å²) in [4.78, 5) is 14.7. The number of tetrazole rings is 1. The Labute approximate surface area is 157 Å². The third kappa shape index (κ3) is 9.82. The second-order valence-corrected chi connectivity index (χ2v) is 7.60. The molecule has 0 aromatic carbocycles. The van der Waals surface area contributed by atoms with Crippen LogP contribution in [0.5, 0.6) is 0 Å². The number of aromatic nitrogens is 4. The molecule has 25 heavy (non-hydrogen) atoms. The Kier molecular flexibility index (Phi) is 12.4. The van der Waals surface area contributed by atoms with Crippen LogP contribution in [0.1, 0.15) is 78.1 Å². The van der Waals surface area contributed by atoms with Crippen molar-refractivity contribution >= 4 is 17.7 Å². The van der Waals surface area contributed by atoms with Crippen molar-refractivity contribution < 1.29 is 4.79 Å². The minimum Gasteiger partial charge on any atom is -0.343 e. The van der Waals surface area contributed by atoms with Crippen LogP contribution in [-0.2, 0) is 11.8 Å². The van der Waals surface area contributed by atoms with E-state index in [1.807, 2.05) is 7.05 Å². The molecule has 1 heterocycles. The van der Waals surface area contributed by atoms with E-state index >= 15 is 0 Å². The summed E-state index contributed by atoms with van der Waals surface area (Å²) in [5.74, 6) is 1.18. The first kappa shape index (κ1) is 21.9. The molecule has 0 radical (unpaired) electrons. The fourth-order valence-corrected chi connectivity index (χ4v) is 3.50. The molecule has 1 aromatic rings. The van der Waals surface area contributed by atoms with Gasteiger partial charge in [0.05, 0.1) is 0 Å². The smallest absolute Gasteiger partial charge is 0.222 e. The molecule has 0 fully saturated rings. The van der Waals surface area contributed by atoms with Gasteiger partial charge in [-0.25, -0.2) is 4.68 Å². The van der Waals surface area contributed by atoms with E-state index < -0.39 is 0 Å². The van der Waals surface area contributed by atoms with E-state index in [1.165, 1.54) is 38.5 Å². The van der Waals surface area contributed by atoms with E-state index in [2.05, 4.69) is 34.3 Å². The van der Waals surface area contributed by atoms with Gasteiger partial charge >= 0.3 is 0 Å². The molecule has 0 unspecified atom stereocenters. The molecule has 0 saturated carbocycles. The summed E-state index contributed by atoms with van der Waals surface area (Å²) in [6.45, 7) is 6.28. The van der Waals surface area contributed by atoms with Gasteiger partial charge in [0, 0.05) is 32.3 Å². The maximum atomic E-state index is 12.6. The van der Waals surface area contributed by atoms with Crippen LogP contribution in [0.3, 0.4) is 0 Å². The highest BCUT2D eigenvalue weighted by atomic mass is 32.2. The maximum Gasteiger partial charge on any atom is 0.222 e. The standard InChI is InChI=1S/C18H35N5OS/c1-4-6-8-10-14-23(15-11-9-7-5-2)17(24)13-12-16-25-18-19-20-21-22(18)3/h4-16H2,1-3H3. The predicted octanol–water partition coefficient (Wildman–Crippen LogP) is 4.07. The minimum atomic E-state index is 0.310. The number of amides is 1. The lowest BCUT2D eigenvalue weighted by molar-refractivity contribution is -0.131. The van der Waals surface area contributed by atoms with E-state index in [0.29, 0.717) is 12.3 Å². The highest BCUT2D eigenvalue weighted by molar-refractivity contribution is 7.99. The fourth-order valence-electron chi connectivity index (χ4n) is 2.71. The number of carbonyl (C=O) groups excluding carboxylic acids is 1. The normalized spacial score (nSPS) is 11.0. The number of hydrogen-bond donors (Lipinski definition) is 0. The molecule has 7 heteroatoms. The molecule has 6 nitrogen and oxygen atoms in total. The van der Waals surface area contributed by atoms with E-state index in [-0.39, 0.29) is 0 Å². The second-order valence-electron chi connectivity index (χ2n) is 6.54. The highest BCUT2D eigenvalue weighted by Gasteiger charge is 2.13. The van der Waals surface area contributed by atoms with E-state index in [0.717, 1.165) is 43.3 Å². The van der Waals surface area contributed by atoms with Crippen LogP contribution in [0.25, 0.3) is 0 Å². The third-order valence-electron chi connectivity index (χ3n) is 4.26. The summed E-state index contributed by atoms with van der Waals surface area (Å²) < 4.78 is 1.67. The van der Waals surface area contributed by atoms with E-state index in [9.17, 15) is 4.79 Å². The quantitative estimate of drug-likeness (QED) is 0.344. The summed E-state index contributed by atoms with van der Waals surface area (Å²) in [5.41, 5.74) is 0. The van der Waals surface area contributed by atoms with Gasteiger partial charge in [0.2, 0.25) is 11.1 Å². The highest BCUT2D eigenvalue weighted by Crippen LogP contribution is 2.15. The fraction of sp³-hybridized carbons (Fsp3) is 0.889. The van der Waals surface area contributed by atoms with Crippen molar-refractivity contribution in [2.75, 3.05) is 18.8 Å². The Bertz CT molecular complexity index is 454. The average Bonchev–Trinajstić information content (AvgIpc) is 3.02. The zero-order valence-electron chi connectivity index (χ0n) is 16.2. The van der Waals surface area contributed by atoms with Crippen LogP contribution in [0.15, 0.2) is 5.16 Å². The summed E-state index contributed by atoms with van der Waals surface area (Å²) in [6.07, 6.45) is 11.2. The van der Waals surface area contributed by atoms with Crippen LogP contribution >= 0.6 is 11.8 Å². The number of nitrogens with zero attached hydrogens (tertiary/aromatic N) is 5.